The van der Waals surface area contributed by atoms with Crippen LogP contribution in [0.15, 0.2) is 48.5 Å². The average Bonchev–Trinajstić information content (AvgIpc) is 3.66. The number of piperidine rings is 2. The molecule has 192 valence electrons. The van der Waals surface area contributed by atoms with E-state index >= 15 is 0 Å². The van der Waals surface area contributed by atoms with Crippen LogP contribution in [0.2, 0.25) is 0 Å². The Hall–Kier alpha value is -3.68. The van der Waals surface area contributed by atoms with E-state index in [9.17, 15) is 19.2 Å². The number of amides is 4. The Bertz CT molecular complexity index is 1250. The topological polar surface area (TPSA) is 96.0 Å². The number of benzene rings is 2. The Morgan fingerprint density at radius 3 is 2.68 bits per heavy atom. The van der Waals surface area contributed by atoms with Gasteiger partial charge >= 0.3 is 0 Å². The van der Waals surface area contributed by atoms with Gasteiger partial charge in [0.15, 0.2) is 0 Å². The fourth-order valence-electron chi connectivity index (χ4n) is 6.05. The van der Waals surface area contributed by atoms with Crippen LogP contribution in [0.5, 0.6) is 5.75 Å². The van der Waals surface area contributed by atoms with Crippen LogP contribution in [0.3, 0.4) is 0 Å². The van der Waals surface area contributed by atoms with Crippen LogP contribution in [0.1, 0.15) is 65.9 Å². The predicted molar refractivity (Wildman–Crippen MR) is 135 cm³/mol. The molecule has 1 saturated carbocycles. The number of fused-ring (bicyclic) bond motifs is 1. The van der Waals surface area contributed by atoms with Crippen molar-refractivity contribution >= 4 is 23.6 Å². The lowest BCUT2D eigenvalue weighted by Gasteiger charge is -2.36. The van der Waals surface area contributed by atoms with Crippen molar-refractivity contribution in [2.45, 2.75) is 63.1 Å². The molecule has 3 fully saturated rings. The minimum atomic E-state index is -0.633. The molecular formula is C29H31N3O5. The van der Waals surface area contributed by atoms with E-state index in [0.29, 0.717) is 36.8 Å². The molecule has 2 aromatic carbocycles. The summed E-state index contributed by atoms with van der Waals surface area (Å²) in [5, 5.41) is 2.33. The van der Waals surface area contributed by atoms with Crippen molar-refractivity contribution in [3.8, 4) is 5.75 Å². The lowest BCUT2D eigenvalue weighted by Crippen LogP contribution is -2.52. The van der Waals surface area contributed by atoms with Crippen LogP contribution in [-0.2, 0) is 20.9 Å². The molecule has 2 saturated heterocycles. The number of hydrogen-bond donors (Lipinski definition) is 1. The van der Waals surface area contributed by atoms with Gasteiger partial charge in [-0.1, -0.05) is 30.3 Å². The minimum absolute atomic E-state index is 0.0353. The third kappa shape index (κ3) is 4.61. The van der Waals surface area contributed by atoms with E-state index in [-0.39, 0.29) is 36.1 Å². The van der Waals surface area contributed by atoms with Crippen molar-refractivity contribution in [1.29, 1.82) is 0 Å². The second-order valence-electron chi connectivity index (χ2n) is 10.6. The number of carbonyl (C=O) groups excluding carboxylic acids is 4. The summed E-state index contributed by atoms with van der Waals surface area (Å²) in [6.07, 6.45) is 4.49. The number of hydrogen-bond acceptors (Lipinski definition) is 5. The summed E-state index contributed by atoms with van der Waals surface area (Å²) in [6, 6.07) is 15.1. The van der Waals surface area contributed by atoms with Crippen molar-refractivity contribution in [3.05, 3.63) is 65.2 Å². The van der Waals surface area contributed by atoms with E-state index in [1.807, 2.05) is 29.2 Å². The summed E-state index contributed by atoms with van der Waals surface area (Å²) in [6.45, 7) is 1.50. The summed E-state index contributed by atoms with van der Waals surface area (Å²) >= 11 is 0. The smallest absolute Gasteiger partial charge is 0.255 e. The molecule has 4 amide bonds. The van der Waals surface area contributed by atoms with Gasteiger partial charge in [-0.2, -0.15) is 0 Å². The van der Waals surface area contributed by atoms with Crippen molar-refractivity contribution in [3.63, 3.8) is 0 Å². The molecule has 3 aliphatic heterocycles. The molecular weight excluding hydrogens is 470 g/mol. The van der Waals surface area contributed by atoms with Crippen LogP contribution in [0.25, 0.3) is 0 Å². The van der Waals surface area contributed by atoms with Crippen LogP contribution in [0, 0.1) is 5.92 Å². The number of likely N-dealkylation sites (tertiary alicyclic amines) is 1. The first-order valence-corrected chi connectivity index (χ1v) is 13.3. The molecule has 8 nitrogen and oxygen atoms in total. The monoisotopic (exact) mass is 501 g/mol. The maximum atomic E-state index is 13.4. The third-order valence-electron chi connectivity index (χ3n) is 8.18. The molecule has 0 radical (unpaired) electrons. The molecule has 8 heteroatoms. The van der Waals surface area contributed by atoms with Gasteiger partial charge in [0.25, 0.3) is 5.91 Å². The Morgan fingerprint density at radius 1 is 1.03 bits per heavy atom. The third-order valence-corrected chi connectivity index (χ3v) is 8.18. The van der Waals surface area contributed by atoms with Crippen molar-refractivity contribution in [2.24, 2.45) is 5.92 Å². The van der Waals surface area contributed by atoms with E-state index in [1.165, 1.54) is 10.5 Å². The highest BCUT2D eigenvalue weighted by molar-refractivity contribution is 6.05. The van der Waals surface area contributed by atoms with E-state index in [0.717, 1.165) is 37.8 Å². The van der Waals surface area contributed by atoms with Crippen LogP contribution < -0.4 is 10.1 Å². The summed E-state index contributed by atoms with van der Waals surface area (Å²) in [5.74, 6) is 0.364. The normalized spacial score (nSPS) is 27.1. The predicted octanol–water partition coefficient (Wildman–Crippen LogP) is 3.01. The van der Waals surface area contributed by atoms with E-state index in [1.54, 1.807) is 12.1 Å². The van der Waals surface area contributed by atoms with Gasteiger partial charge in [-0.3, -0.25) is 24.5 Å². The fraction of sp³-hybridized carbons (Fsp3) is 0.448. The minimum Gasteiger partial charge on any atom is -0.491 e. The molecule has 37 heavy (non-hydrogen) atoms. The maximum Gasteiger partial charge on any atom is 0.255 e. The summed E-state index contributed by atoms with van der Waals surface area (Å²) in [4.78, 5) is 53.6. The molecule has 0 spiro atoms. The number of nitrogens with zero attached hydrogens (tertiary/aromatic N) is 2. The van der Waals surface area contributed by atoms with Gasteiger partial charge < -0.3 is 14.5 Å². The zero-order chi connectivity index (χ0) is 25.5. The summed E-state index contributed by atoms with van der Waals surface area (Å²) in [5.41, 5.74) is 2.62. The molecule has 2 unspecified atom stereocenters. The van der Waals surface area contributed by atoms with Crippen LogP contribution >= 0.6 is 0 Å². The zero-order valence-corrected chi connectivity index (χ0v) is 20.7. The second-order valence-corrected chi connectivity index (χ2v) is 10.6. The van der Waals surface area contributed by atoms with Gasteiger partial charge in [-0.25, -0.2) is 0 Å². The average molecular weight is 502 g/mol. The number of carbonyl (C=O) groups is 4. The highest BCUT2D eigenvalue weighted by Gasteiger charge is 2.47. The van der Waals surface area contributed by atoms with Gasteiger partial charge in [-0.15, -0.1) is 0 Å². The molecule has 3 heterocycles. The lowest BCUT2D eigenvalue weighted by molar-refractivity contribution is -0.138. The van der Waals surface area contributed by atoms with E-state index in [2.05, 4.69) is 17.4 Å². The number of rotatable bonds is 6. The molecule has 4 aliphatic rings. The Kier molecular flexibility index (Phi) is 6.18. The Morgan fingerprint density at radius 2 is 1.86 bits per heavy atom. The molecule has 0 bridgehead atoms. The van der Waals surface area contributed by atoms with E-state index < -0.39 is 11.9 Å². The number of nitrogens with one attached hydrogen (secondary N) is 1. The van der Waals surface area contributed by atoms with Crippen LogP contribution in [-0.4, -0.2) is 58.7 Å². The van der Waals surface area contributed by atoms with Crippen molar-refractivity contribution < 1.29 is 23.9 Å². The number of ether oxygens (including phenoxy) is 1. The summed E-state index contributed by atoms with van der Waals surface area (Å²) in [7, 11) is 0. The van der Waals surface area contributed by atoms with Crippen molar-refractivity contribution in [2.75, 3.05) is 13.2 Å². The first kappa shape index (κ1) is 23.7. The van der Waals surface area contributed by atoms with Gasteiger partial charge in [-0.05, 0) is 67.3 Å². The summed E-state index contributed by atoms with van der Waals surface area (Å²) < 4.78 is 6.17. The molecule has 6 rings (SSSR count). The zero-order valence-electron chi connectivity index (χ0n) is 20.7. The van der Waals surface area contributed by atoms with Gasteiger partial charge in [0.1, 0.15) is 18.4 Å². The van der Waals surface area contributed by atoms with E-state index in [4.69, 9.17) is 4.74 Å². The Labute approximate surface area is 215 Å². The largest absolute Gasteiger partial charge is 0.491 e. The quantitative estimate of drug-likeness (QED) is 0.614. The highest BCUT2D eigenvalue weighted by Crippen LogP contribution is 2.49. The van der Waals surface area contributed by atoms with Crippen LogP contribution in [0.4, 0.5) is 0 Å². The Balaban J connectivity index is 1.09. The standard InChI is InChI=1S/C29H31N3O5/c33-26-12-11-25(27(34)30-26)32-16-19-14-21(9-10-22(19)28(32)35)37-17-20-8-4-5-13-31(20)29(36)24-15-23(24)18-6-2-1-3-7-18/h1-3,6-7,9-10,14,20,23-25H,4-5,8,11-13,15-17H2,(H,30,33,34)/t20-,23?,24-,25?/m1/s1. The van der Waals surface area contributed by atoms with Crippen molar-refractivity contribution in [1.82, 2.24) is 15.1 Å². The second kappa shape index (κ2) is 9.65. The SMILES string of the molecule is O=C1CCC(N2Cc3cc(OC[C@H]4CCCCN4C(=O)[C@@H]4CC4c4ccccc4)ccc3C2=O)C(=O)N1. The number of imide groups is 1. The lowest BCUT2D eigenvalue weighted by atomic mass is 10.0. The molecule has 2 aromatic rings. The first-order chi connectivity index (χ1) is 18.0. The van der Waals surface area contributed by atoms with Gasteiger partial charge in [0.05, 0.1) is 6.04 Å². The first-order valence-electron chi connectivity index (χ1n) is 13.3. The molecule has 4 atom stereocenters. The molecule has 0 aromatic heterocycles. The maximum absolute atomic E-state index is 13.4. The fourth-order valence-corrected chi connectivity index (χ4v) is 6.05. The van der Waals surface area contributed by atoms with Gasteiger partial charge in [0, 0.05) is 31.0 Å². The van der Waals surface area contributed by atoms with Gasteiger partial charge in [0.2, 0.25) is 17.7 Å². The molecule has 1 N–H and O–H groups in total. The molecule has 1 aliphatic carbocycles. The highest BCUT2D eigenvalue weighted by atomic mass is 16.5.